The molecule has 0 atom stereocenters. The number of benzene rings is 3. The van der Waals surface area contributed by atoms with Gasteiger partial charge in [-0.15, -0.1) is 0 Å². The van der Waals surface area contributed by atoms with Crippen LogP contribution in [0.5, 0.6) is 11.5 Å². The third-order valence-electron chi connectivity index (χ3n) is 4.68. The Balaban J connectivity index is 1.48. The Morgan fingerprint density at radius 1 is 0.853 bits per heavy atom. The predicted octanol–water partition coefficient (Wildman–Crippen LogP) is 2.90. The van der Waals surface area contributed by atoms with Gasteiger partial charge in [-0.25, -0.2) is 4.39 Å². The van der Waals surface area contributed by atoms with Crippen molar-refractivity contribution in [3.05, 3.63) is 89.7 Å². The third-order valence-corrected chi connectivity index (χ3v) is 4.68. The molecule has 3 N–H and O–H groups in total. The van der Waals surface area contributed by atoms with Gasteiger partial charge in [0.1, 0.15) is 17.3 Å². The molecule has 8 nitrogen and oxygen atoms in total. The molecule has 0 saturated heterocycles. The number of hydrogen-bond donors (Lipinski definition) is 3. The van der Waals surface area contributed by atoms with Crippen molar-refractivity contribution in [3.8, 4) is 11.5 Å². The Hall–Kier alpha value is -4.40. The Bertz CT molecular complexity index is 1130. The number of methoxy groups -OCH3 is 1. The molecule has 0 aliphatic carbocycles. The summed E-state index contributed by atoms with van der Waals surface area (Å²) >= 11 is 0. The minimum absolute atomic E-state index is 0.186. The lowest BCUT2D eigenvalue weighted by molar-refractivity contribution is -0.120. The SMILES string of the molecule is COc1ccc(NC(=O)COc2ccccc2C(=O)NCC(=O)NCc2ccc(F)cc2)cc1. The van der Waals surface area contributed by atoms with Gasteiger partial charge in [0.25, 0.3) is 11.8 Å². The largest absolute Gasteiger partial charge is 0.497 e. The summed E-state index contributed by atoms with van der Waals surface area (Å²) in [6, 6.07) is 19.0. The van der Waals surface area contributed by atoms with E-state index in [2.05, 4.69) is 16.0 Å². The molecule has 3 amide bonds. The summed E-state index contributed by atoms with van der Waals surface area (Å²) in [7, 11) is 1.55. The highest BCUT2D eigenvalue weighted by Crippen LogP contribution is 2.18. The number of carbonyl (C=O) groups excluding carboxylic acids is 3. The van der Waals surface area contributed by atoms with Crippen LogP contribution in [0.15, 0.2) is 72.8 Å². The second kappa shape index (κ2) is 12.0. The molecule has 0 aromatic heterocycles. The van der Waals surface area contributed by atoms with E-state index >= 15 is 0 Å². The van der Waals surface area contributed by atoms with E-state index < -0.39 is 17.7 Å². The number of amides is 3. The van der Waals surface area contributed by atoms with E-state index in [0.29, 0.717) is 11.4 Å². The molecule has 9 heteroatoms. The standard InChI is InChI=1S/C25H24FN3O5/c1-33-20-12-10-19(11-13-20)29-24(31)16-34-22-5-3-2-4-21(22)25(32)28-15-23(30)27-14-17-6-8-18(26)9-7-17/h2-13H,14-16H2,1H3,(H,27,30)(H,28,32)(H,29,31). The summed E-state index contributed by atoms with van der Waals surface area (Å²) in [5.41, 5.74) is 1.49. The smallest absolute Gasteiger partial charge is 0.262 e. The molecular weight excluding hydrogens is 441 g/mol. The number of hydrogen-bond acceptors (Lipinski definition) is 5. The molecule has 0 radical (unpaired) electrons. The fourth-order valence-electron chi connectivity index (χ4n) is 2.92. The monoisotopic (exact) mass is 465 g/mol. The van der Waals surface area contributed by atoms with Gasteiger partial charge in [-0.3, -0.25) is 14.4 Å². The fourth-order valence-corrected chi connectivity index (χ4v) is 2.92. The maximum atomic E-state index is 12.9. The average Bonchev–Trinajstić information content (AvgIpc) is 2.86. The number of nitrogens with one attached hydrogen (secondary N) is 3. The Kier molecular flexibility index (Phi) is 8.56. The maximum Gasteiger partial charge on any atom is 0.262 e. The zero-order chi connectivity index (χ0) is 24.3. The molecule has 0 fully saturated rings. The van der Waals surface area contributed by atoms with Gasteiger partial charge in [0, 0.05) is 12.2 Å². The average molecular weight is 465 g/mol. The van der Waals surface area contributed by atoms with Crippen LogP contribution in [-0.2, 0) is 16.1 Å². The first-order chi connectivity index (χ1) is 16.4. The van der Waals surface area contributed by atoms with Gasteiger partial charge in [0.15, 0.2) is 6.61 Å². The van der Waals surface area contributed by atoms with Crippen molar-refractivity contribution in [1.29, 1.82) is 0 Å². The van der Waals surface area contributed by atoms with Gasteiger partial charge in [0.2, 0.25) is 5.91 Å². The lowest BCUT2D eigenvalue weighted by Gasteiger charge is -2.12. The molecule has 3 aromatic carbocycles. The van der Waals surface area contributed by atoms with Gasteiger partial charge in [-0.05, 0) is 54.1 Å². The van der Waals surface area contributed by atoms with E-state index in [1.807, 2.05) is 0 Å². The van der Waals surface area contributed by atoms with E-state index in [1.54, 1.807) is 61.7 Å². The summed E-state index contributed by atoms with van der Waals surface area (Å²) in [4.78, 5) is 36.8. The first kappa shape index (κ1) is 24.2. The van der Waals surface area contributed by atoms with E-state index in [-0.39, 0.29) is 36.8 Å². The van der Waals surface area contributed by atoms with Crippen LogP contribution in [0.3, 0.4) is 0 Å². The first-order valence-electron chi connectivity index (χ1n) is 10.4. The summed E-state index contributed by atoms with van der Waals surface area (Å²) < 4.78 is 23.5. The summed E-state index contributed by atoms with van der Waals surface area (Å²) in [5, 5.41) is 7.85. The van der Waals surface area contributed by atoms with Gasteiger partial charge in [0.05, 0.1) is 19.2 Å². The first-order valence-corrected chi connectivity index (χ1v) is 10.4. The van der Waals surface area contributed by atoms with Crippen LogP contribution >= 0.6 is 0 Å². The van der Waals surface area contributed by atoms with Crippen molar-refractivity contribution < 1.29 is 28.2 Å². The van der Waals surface area contributed by atoms with Gasteiger partial charge in [-0.2, -0.15) is 0 Å². The van der Waals surface area contributed by atoms with E-state index in [1.165, 1.54) is 18.2 Å². The predicted molar refractivity (Wildman–Crippen MR) is 124 cm³/mol. The van der Waals surface area contributed by atoms with Crippen molar-refractivity contribution in [2.75, 3.05) is 25.6 Å². The van der Waals surface area contributed by atoms with E-state index in [0.717, 1.165) is 5.56 Å². The molecular formula is C25H24FN3O5. The van der Waals surface area contributed by atoms with E-state index in [4.69, 9.17) is 9.47 Å². The molecule has 3 aromatic rings. The van der Waals surface area contributed by atoms with Gasteiger partial charge >= 0.3 is 0 Å². The van der Waals surface area contributed by atoms with Crippen molar-refractivity contribution in [2.45, 2.75) is 6.54 Å². The number of anilines is 1. The quantitative estimate of drug-likeness (QED) is 0.427. The van der Waals surface area contributed by atoms with Crippen LogP contribution in [0.4, 0.5) is 10.1 Å². The van der Waals surface area contributed by atoms with Gasteiger partial charge < -0.3 is 25.4 Å². The Morgan fingerprint density at radius 3 is 2.26 bits per heavy atom. The number of halogens is 1. The topological polar surface area (TPSA) is 106 Å². The number of para-hydroxylation sites is 1. The minimum Gasteiger partial charge on any atom is -0.497 e. The molecule has 0 heterocycles. The normalized spacial score (nSPS) is 10.2. The zero-order valence-corrected chi connectivity index (χ0v) is 18.5. The van der Waals surface area contributed by atoms with Crippen LogP contribution < -0.4 is 25.4 Å². The fraction of sp³-hybridized carbons (Fsp3) is 0.160. The lowest BCUT2D eigenvalue weighted by Crippen LogP contribution is -2.36. The Morgan fingerprint density at radius 2 is 1.56 bits per heavy atom. The Labute approximate surface area is 196 Å². The molecule has 0 aliphatic rings. The number of ether oxygens (including phenoxy) is 2. The summed E-state index contributed by atoms with van der Waals surface area (Å²) in [6.07, 6.45) is 0. The molecule has 0 saturated carbocycles. The van der Waals surface area contributed by atoms with Crippen molar-refractivity contribution in [2.24, 2.45) is 0 Å². The minimum atomic E-state index is -0.525. The molecule has 0 bridgehead atoms. The van der Waals surface area contributed by atoms with Crippen molar-refractivity contribution >= 4 is 23.4 Å². The van der Waals surface area contributed by atoms with E-state index in [9.17, 15) is 18.8 Å². The summed E-state index contributed by atoms with van der Waals surface area (Å²) in [6.45, 7) is -0.362. The van der Waals surface area contributed by atoms with Crippen LogP contribution in [0, 0.1) is 5.82 Å². The third kappa shape index (κ3) is 7.33. The van der Waals surface area contributed by atoms with Gasteiger partial charge in [-0.1, -0.05) is 24.3 Å². The lowest BCUT2D eigenvalue weighted by atomic mass is 10.2. The molecule has 0 spiro atoms. The molecule has 3 rings (SSSR count). The molecule has 176 valence electrons. The highest BCUT2D eigenvalue weighted by molar-refractivity contribution is 5.99. The maximum absolute atomic E-state index is 12.9. The molecule has 0 aliphatic heterocycles. The zero-order valence-electron chi connectivity index (χ0n) is 18.5. The van der Waals surface area contributed by atoms with Crippen LogP contribution in [0.1, 0.15) is 15.9 Å². The number of carbonyl (C=O) groups is 3. The summed E-state index contributed by atoms with van der Waals surface area (Å²) in [5.74, 6) is -0.824. The van der Waals surface area contributed by atoms with Crippen LogP contribution in [0.25, 0.3) is 0 Å². The van der Waals surface area contributed by atoms with Crippen LogP contribution in [-0.4, -0.2) is 38.0 Å². The molecule has 0 unspecified atom stereocenters. The highest BCUT2D eigenvalue weighted by atomic mass is 19.1. The number of rotatable bonds is 10. The second-order valence-corrected chi connectivity index (χ2v) is 7.15. The highest BCUT2D eigenvalue weighted by Gasteiger charge is 2.14. The molecule has 34 heavy (non-hydrogen) atoms. The van der Waals surface area contributed by atoms with Crippen molar-refractivity contribution in [3.63, 3.8) is 0 Å². The van der Waals surface area contributed by atoms with Crippen LogP contribution in [0.2, 0.25) is 0 Å². The van der Waals surface area contributed by atoms with Crippen molar-refractivity contribution in [1.82, 2.24) is 10.6 Å². The second-order valence-electron chi connectivity index (χ2n) is 7.15.